The van der Waals surface area contributed by atoms with Crippen LogP contribution in [0.4, 0.5) is 9.59 Å². The lowest BCUT2D eigenvalue weighted by molar-refractivity contribution is 0.0218. The molecule has 0 bridgehead atoms. The molecule has 0 radical (unpaired) electrons. The minimum atomic E-state index is -0.923. The Hall–Kier alpha value is -3.78. The summed E-state index contributed by atoms with van der Waals surface area (Å²) in [5.41, 5.74) is 1.09. The number of aromatic amines is 2. The molecule has 0 unspecified atom stereocenters. The van der Waals surface area contributed by atoms with Crippen LogP contribution in [0.5, 0.6) is 0 Å². The number of nitrogens with zero attached hydrogens (tertiary/aromatic N) is 6. The summed E-state index contributed by atoms with van der Waals surface area (Å²) in [6.07, 6.45) is 9.14. The highest BCUT2D eigenvalue weighted by Crippen LogP contribution is 2.38. The van der Waals surface area contributed by atoms with E-state index in [9.17, 15) is 14.7 Å². The van der Waals surface area contributed by atoms with Crippen LogP contribution in [-0.2, 0) is 4.74 Å². The Bertz CT molecular complexity index is 1530. The molecule has 2 saturated heterocycles. The van der Waals surface area contributed by atoms with Crippen molar-refractivity contribution in [2.45, 2.75) is 64.1 Å². The van der Waals surface area contributed by atoms with E-state index in [4.69, 9.17) is 4.74 Å². The summed E-state index contributed by atoms with van der Waals surface area (Å²) in [6, 6.07) is -0.400. The van der Waals surface area contributed by atoms with Gasteiger partial charge in [-0.1, -0.05) is 0 Å². The maximum absolute atomic E-state index is 12.7. The monoisotopic (exact) mass is 582 g/mol. The molecule has 0 aromatic carbocycles. The van der Waals surface area contributed by atoms with Gasteiger partial charge in [0, 0.05) is 25.5 Å². The zero-order chi connectivity index (χ0) is 28.0. The van der Waals surface area contributed by atoms with Crippen LogP contribution in [0.25, 0.3) is 31.2 Å². The maximum Gasteiger partial charge on any atom is 0.410 e. The predicted molar refractivity (Wildman–Crippen MR) is 150 cm³/mol. The molecule has 4 aromatic rings. The molecule has 0 spiro atoms. The van der Waals surface area contributed by atoms with Gasteiger partial charge < -0.3 is 19.8 Å². The highest BCUT2D eigenvalue weighted by molar-refractivity contribution is 7.24. The van der Waals surface area contributed by atoms with Gasteiger partial charge in [-0.15, -0.1) is 22.7 Å². The molecule has 14 heteroatoms. The van der Waals surface area contributed by atoms with Gasteiger partial charge in [-0.25, -0.2) is 29.5 Å². The van der Waals surface area contributed by atoms with Crippen LogP contribution in [0.1, 0.15) is 70.2 Å². The Morgan fingerprint density at radius 1 is 0.850 bits per heavy atom. The van der Waals surface area contributed by atoms with E-state index >= 15 is 0 Å². The van der Waals surface area contributed by atoms with E-state index in [0.717, 1.165) is 62.7 Å². The van der Waals surface area contributed by atoms with Crippen molar-refractivity contribution in [3.63, 3.8) is 0 Å². The highest BCUT2D eigenvalue weighted by atomic mass is 32.1. The van der Waals surface area contributed by atoms with Gasteiger partial charge in [0.15, 0.2) is 10.0 Å². The summed E-state index contributed by atoms with van der Waals surface area (Å²) < 4.78 is 5.59. The van der Waals surface area contributed by atoms with E-state index in [2.05, 4.69) is 29.9 Å². The number of carboxylic acid groups (broad SMARTS) is 1. The second kappa shape index (κ2) is 10.3. The van der Waals surface area contributed by atoms with Gasteiger partial charge in [-0.05, 0) is 46.5 Å². The fraction of sp³-hybridized carbons (Fsp3) is 0.462. The molecular weight excluding hydrogens is 552 g/mol. The molecule has 12 nitrogen and oxygen atoms in total. The molecule has 2 aliphatic heterocycles. The third kappa shape index (κ3) is 5.20. The molecule has 40 heavy (non-hydrogen) atoms. The molecule has 2 aliphatic rings. The number of ether oxygens (including phenoxy) is 1. The summed E-state index contributed by atoms with van der Waals surface area (Å²) in [6.45, 7) is 6.76. The first-order chi connectivity index (χ1) is 19.2. The van der Waals surface area contributed by atoms with Crippen LogP contribution >= 0.6 is 22.7 Å². The van der Waals surface area contributed by atoms with Gasteiger partial charge in [0.2, 0.25) is 0 Å². The Morgan fingerprint density at radius 3 is 1.85 bits per heavy atom. The van der Waals surface area contributed by atoms with E-state index in [1.807, 2.05) is 20.8 Å². The van der Waals surface area contributed by atoms with Crippen LogP contribution < -0.4 is 0 Å². The standard InChI is InChI=1S/C26H30N8O4S2/c1-26(2,3)38-25(37)34-9-5-7-17(34)21-28-11-15(32-21)19-13-30-23(40-19)22-29-12-18(39-22)14-10-27-20(31-14)16-6-4-8-33(16)24(35)36/h10-13,16-17H,4-9H2,1-3H3,(H,27,31)(H,28,32)(H,35,36)/t16-,17-/m0/s1. The lowest BCUT2D eigenvalue weighted by atomic mass is 10.2. The number of carbonyl (C=O) groups excluding carboxylic acids is 1. The number of H-pyrrole nitrogens is 2. The van der Waals surface area contributed by atoms with Gasteiger partial charge >= 0.3 is 12.2 Å². The SMILES string of the molecule is CC(C)(C)OC(=O)N1CCC[C@H]1c1ncc(-c2cnc(-c3ncc(-c4cnc([C@@H]5CCCN5C(=O)O)[nH]4)s3)s2)[nH]1. The van der Waals surface area contributed by atoms with Crippen molar-refractivity contribution in [1.82, 2.24) is 39.7 Å². The first-order valence-corrected chi connectivity index (χ1v) is 14.8. The van der Waals surface area contributed by atoms with Crippen LogP contribution in [0.3, 0.4) is 0 Å². The molecule has 2 atom stereocenters. The normalized spacial score (nSPS) is 19.5. The Morgan fingerprint density at radius 2 is 1.35 bits per heavy atom. The average Bonchev–Trinajstić information content (AvgIpc) is 3.74. The van der Waals surface area contributed by atoms with E-state index < -0.39 is 11.7 Å². The zero-order valence-electron chi connectivity index (χ0n) is 22.4. The van der Waals surface area contributed by atoms with E-state index in [0.29, 0.717) is 18.9 Å². The lowest BCUT2D eigenvalue weighted by Crippen LogP contribution is -2.36. The summed E-state index contributed by atoms with van der Waals surface area (Å²) in [7, 11) is 0. The van der Waals surface area contributed by atoms with Gasteiger partial charge in [0.05, 0.1) is 45.6 Å². The van der Waals surface area contributed by atoms with Gasteiger partial charge in [-0.2, -0.15) is 0 Å². The van der Waals surface area contributed by atoms with Crippen LogP contribution in [0.15, 0.2) is 24.8 Å². The molecule has 4 aromatic heterocycles. The molecule has 6 rings (SSSR count). The van der Waals surface area contributed by atoms with E-state index in [1.165, 1.54) is 27.6 Å². The summed E-state index contributed by atoms with van der Waals surface area (Å²) in [4.78, 5) is 54.1. The second-order valence-electron chi connectivity index (χ2n) is 10.9. The molecule has 2 fully saturated rings. The van der Waals surface area contributed by atoms with Crippen LogP contribution in [-0.4, -0.2) is 75.7 Å². The Balaban J connectivity index is 1.16. The third-order valence-electron chi connectivity index (χ3n) is 6.93. The van der Waals surface area contributed by atoms with Gasteiger partial charge in [0.1, 0.15) is 17.2 Å². The minimum Gasteiger partial charge on any atom is -0.465 e. The largest absolute Gasteiger partial charge is 0.465 e. The van der Waals surface area contributed by atoms with Crippen LogP contribution in [0.2, 0.25) is 0 Å². The summed E-state index contributed by atoms with van der Waals surface area (Å²) in [5.74, 6) is 1.40. The molecule has 0 saturated carbocycles. The summed E-state index contributed by atoms with van der Waals surface area (Å²) >= 11 is 3.01. The number of nitrogens with one attached hydrogen (secondary N) is 2. The Kier molecular flexibility index (Phi) is 6.82. The quantitative estimate of drug-likeness (QED) is 0.262. The highest BCUT2D eigenvalue weighted by Gasteiger charge is 2.35. The zero-order valence-corrected chi connectivity index (χ0v) is 24.0. The smallest absolute Gasteiger partial charge is 0.410 e. The minimum absolute atomic E-state index is 0.149. The fourth-order valence-corrected chi connectivity index (χ4v) is 6.92. The van der Waals surface area contributed by atoms with Crippen molar-refractivity contribution in [1.29, 1.82) is 0 Å². The molecule has 0 aliphatic carbocycles. The maximum atomic E-state index is 12.7. The molecule has 6 heterocycles. The molecule has 2 amide bonds. The number of carbonyl (C=O) groups is 2. The molecule has 3 N–H and O–H groups in total. The fourth-order valence-electron chi connectivity index (χ4n) is 5.13. The van der Waals surface area contributed by atoms with Crippen molar-refractivity contribution in [2.24, 2.45) is 0 Å². The predicted octanol–water partition coefficient (Wildman–Crippen LogP) is 5.93. The first kappa shape index (κ1) is 26.4. The Labute approximate surface area is 238 Å². The van der Waals surface area contributed by atoms with Gasteiger partial charge in [-0.3, -0.25) is 9.80 Å². The molecule has 210 valence electrons. The average molecular weight is 583 g/mol. The third-order valence-corrected chi connectivity index (χ3v) is 9.13. The number of thiazole rings is 2. The second-order valence-corrected chi connectivity index (χ2v) is 13.0. The van der Waals surface area contributed by atoms with Crippen molar-refractivity contribution in [2.75, 3.05) is 13.1 Å². The number of hydrogen-bond acceptors (Lipinski definition) is 9. The lowest BCUT2D eigenvalue weighted by Gasteiger charge is -2.27. The number of likely N-dealkylation sites (tertiary alicyclic amines) is 2. The van der Waals surface area contributed by atoms with Gasteiger partial charge in [0.25, 0.3) is 0 Å². The van der Waals surface area contributed by atoms with Crippen molar-refractivity contribution < 1.29 is 19.4 Å². The van der Waals surface area contributed by atoms with Crippen molar-refractivity contribution in [3.05, 3.63) is 36.4 Å². The van der Waals surface area contributed by atoms with E-state index in [1.54, 1.807) is 29.7 Å². The number of aromatic nitrogens is 6. The number of hydrogen-bond donors (Lipinski definition) is 3. The first-order valence-electron chi connectivity index (χ1n) is 13.2. The van der Waals surface area contributed by atoms with Crippen molar-refractivity contribution in [3.8, 4) is 31.2 Å². The topological polar surface area (TPSA) is 153 Å². The van der Waals surface area contributed by atoms with Crippen LogP contribution in [0, 0.1) is 0 Å². The van der Waals surface area contributed by atoms with E-state index in [-0.39, 0.29) is 18.2 Å². The van der Waals surface area contributed by atoms with Crippen molar-refractivity contribution >= 4 is 34.9 Å². The molecular formula is C26H30N8O4S2. The number of amides is 2. The summed E-state index contributed by atoms with van der Waals surface area (Å²) in [5, 5.41) is 11.0. The number of imidazole rings is 2. The number of rotatable bonds is 5.